The predicted molar refractivity (Wildman–Crippen MR) is 70.5 cm³/mol. The SMILES string of the molecule is O=C(O)c1ccc(-c2ccc([N+](=O)[O-])cc2)cc1Cl. The topological polar surface area (TPSA) is 80.4 Å². The summed E-state index contributed by atoms with van der Waals surface area (Å²) < 4.78 is 0. The Balaban J connectivity index is 2.39. The number of benzene rings is 2. The summed E-state index contributed by atoms with van der Waals surface area (Å²) in [6.45, 7) is 0. The molecule has 0 aliphatic carbocycles. The third kappa shape index (κ3) is 2.71. The highest BCUT2D eigenvalue weighted by Crippen LogP contribution is 2.27. The molecule has 0 amide bonds. The number of carboxylic acid groups (broad SMARTS) is 1. The molecule has 96 valence electrons. The van der Waals surface area contributed by atoms with E-state index in [4.69, 9.17) is 16.7 Å². The molecule has 0 atom stereocenters. The van der Waals surface area contributed by atoms with E-state index < -0.39 is 10.9 Å². The summed E-state index contributed by atoms with van der Waals surface area (Å²) in [4.78, 5) is 20.9. The molecule has 2 aromatic rings. The first-order valence-corrected chi connectivity index (χ1v) is 5.64. The van der Waals surface area contributed by atoms with Crippen LogP contribution in [0.5, 0.6) is 0 Å². The molecule has 0 radical (unpaired) electrons. The lowest BCUT2D eigenvalue weighted by atomic mass is 10.0. The van der Waals surface area contributed by atoms with E-state index in [2.05, 4.69) is 0 Å². The number of nitrogens with zero attached hydrogens (tertiary/aromatic N) is 1. The fourth-order valence-corrected chi connectivity index (χ4v) is 1.91. The van der Waals surface area contributed by atoms with Crippen LogP contribution >= 0.6 is 11.6 Å². The summed E-state index contributed by atoms with van der Waals surface area (Å²) in [5.74, 6) is -1.10. The third-order valence-electron chi connectivity index (χ3n) is 2.61. The van der Waals surface area contributed by atoms with E-state index in [1.807, 2.05) is 0 Å². The minimum absolute atomic E-state index is 0.00277. The first kappa shape index (κ1) is 13.0. The van der Waals surface area contributed by atoms with Gasteiger partial charge >= 0.3 is 5.97 Å². The van der Waals surface area contributed by atoms with E-state index >= 15 is 0 Å². The summed E-state index contributed by atoms with van der Waals surface area (Å²) >= 11 is 5.87. The number of rotatable bonds is 3. The van der Waals surface area contributed by atoms with Crippen LogP contribution in [0.4, 0.5) is 5.69 Å². The van der Waals surface area contributed by atoms with Crippen LogP contribution in [0.3, 0.4) is 0 Å². The van der Waals surface area contributed by atoms with Crippen molar-refractivity contribution in [3.8, 4) is 11.1 Å². The zero-order valence-corrected chi connectivity index (χ0v) is 10.3. The van der Waals surface area contributed by atoms with Gasteiger partial charge in [-0.1, -0.05) is 17.7 Å². The van der Waals surface area contributed by atoms with E-state index in [-0.39, 0.29) is 16.3 Å². The monoisotopic (exact) mass is 277 g/mol. The molecule has 19 heavy (non-hydrogen) atoms. The van der Waals surface area contributed by atoms with Gasteiger partial charge in [0.25, 0.3) is 5.69 Å². The molecule has 2 aromatic carbocycles. The fourth-order valence-electron chi connectivity index (χ4n) is 1.64. The van der Waals surface area contributed by atoms with Gasteiger partial charge in [-0.25, -0.2) is 4.79 Å². The van der Waals surface area contributed by atoms with Crippen molar-refractivity contribution < 1.29 is 14.8 Å². The first-order valence-electron chi connectivity index (χ1n) is 5.26. The zero-order chi connectivity index (χ0) is 14.0. The van der Waals surface area contributed by atoms with Gasteiger partial charge in [-0.3, -0.25) is 10.1 Å². The van der Waals surface area contributed by atoms with Crippen LogP contribution in [-0.2, 0) is 0 Å². The molecule has 0 saturated carbocycles. The Labute approximate surface area is 113 Å². The summed E-state index contributed by atoms with van der Waals surface area (Å²) in [6, 6.07) is 10.5. The van der Waals surface area contributed by atoms with E-state index in [0.29, 0.717) is 5.56 Å². The molecule has 6 heteroatoms. The van der Waals surface area contributed by atoms with Crippen molar-refractivity contribution in [2.45, 2.75) is 0 Å². The summed E-state index contributed by atoms with van der Waals surface area (Å²) in [6.07, 6.45) is 0. The normalized spacial score (nSPS) is 10.2. The quantitative estimate of drug-likeness (QED) is 0.686. The second-order valence-electron chi connectivity index (χ2n) is 3.80. The molecule has 0 saturated heterocycles. The molecule has 5 nitrogen and oxygen atoms in total. The number of nitro groups is 1. The average molecular weight is 278 g/mol. The number of hydrogen-bond donors (Lipinski definition) is 1. The molecule has 1 N–H and O–H groups in total. The van der Waals surface area contributed by atoms with Crippen molar-refractivity contribution in [2.75, 3.05) is 0 Å². The number of halogens is 1. The number of non-ortho nitro benzene ring substituents is 1. The van der Waals surface area contributed by atoms with E-state index in [1.165, 1.54) is 24.3 Å². The van der Waals surface area contributed by atoms with Crippen LogP contribution in [0.2, 0.25) is 5.02 Å². The van der Waals surface area contributed by atoms with Crippen molar-refractivity contribution >= 4 is 23.3 Å². The Morgan fingerprint density at radius 2 is 1.68 bits per heavy atom. The maximum absolute atomic E-state index is 10.8. The number of carbonyl (C=O) groups is 1. The molecule has 0 aliphatic rings. The average Bonchev–Trinajstić information content (AvgIpc) is 2.38. The van der Waals surface area contributed by atoms with Crippen molar-refractivity contribution in [3.05, 3.63) is 63.2 Å². The second-order valence-corrected chi connectivity index (χ2v) is 4.21. The zero-order valence-electron chi connectivity index (χ0n) is 9.54. The Hall–Kier alpha value is -2.40. The van der Waals surface area contributed by atoms with Crippen LogP contribution in [-0.4, -0.2) is 16.0 Å². The van der Waals surface area contributed by atoms with Crippen molar-refractivity contribution in [1.29, 1.82) is 0 Å². The standard InChI is InChI=1S/C13H8ClNO4/c14-12-7-9(3-6-11(12)13(16)17)8-1-4-10(5-2-8)15(18)19/h1-7H,(H,16,17). The summed E-state index contributed by atoms with van der Waals surface area (Å²) in [7, 11) is 0. The largest absolute Gasteiger partial charge is 0.478 e. The third-order valence-corrected chi connectivity index (χ3v) is 2.92. The number of hydrogen-bond acceptors (Lipinski definition) is 3. The van der Waals surface area contributed by atoms with Gasteiger partial charge < -0.3 is 5.11 Å². The van der Waals surface area contributed by atoms with Crippen LogP contribution in [0.25, 0.3) is 11.1 Å². The van der Waals surface area contributed by atoms with Gasteiger partial charge in [0.1, 0.15) is 0 Å². The maximum Gasteiger partial charge on any atom is 0.337 e. The highest BCUT2D eigenvalue weighted by molar-refractivity contribution is 6.33. The molecule has 0 aromatic heterocycles. The highest BCUT2D eigenvalue weighted by Gasteiger charge is 2.10. The van der Waals surface area contributed by atoms with Crippen molar-refractivity contribution in [1.82, 2.24) is 0 Å². The highest BCUT2D eigenvalue weighted by atomic mass is 35.5. The Bertz CT molecular complexity index is 652. The molecular formula is C13H8ClNO4. The summed E-state index contributed by atoms with van der Waals surface area (Å²) in [5, 5.41) is 19.5. The van der Waals surface area contributed by atoms with Gasteiger partial charge in [0, 0.05) is 12.1 Å². The smallest absolute Gasteiger partial charge is 0.337 e. The first-order chi connectivity index (χ1) is 8.99. The van der Waals surface area contributed by atoms with Crippen LogP contribution < -0.4 is 0 Å². The molecule has 0 fully saturated rings. The summed E-state index contributed by atoms with van der Waals surface area (Å²) in [5.41, 5.74) is 1.44. The number of carboxylic acids is 1. The van der Waals surface area contributed by atoms with Crippen molar-refractivity contribution in [3.63, 3.8) is 0 Å². The minimum Gasteiger partial charge on any atom is -0.478 e. The van der Waals surface area contributed by atoms with E-state index in [1.54, 1.807) is 18.2 Å². The molecule has 2 rings (SSSR count). The second kappa shape index (κ2) is 5.07. The van der Waals surface area contributed by atoms with Crippen LogP contribution in [0.15, 0.2) is 42.5 Å². The Kier molecular flexibility index (Phi) is 3.48. The van der Waals surface area contributed by atoms with Gasteiger partial charge in [0.2, 0.25) is 0 Å². The van der Waals surface area contributed by atoms with Crippen LogP contribution in [0, 0.1) is 10.1 Å². The van der Waals surface area contributed by atoms with Crippen LogP contribution in [0.1, 0.15) is 10.4 Å². The van der Waals surface area contributed by atoms with Gasteiger partial charge in [-0.15, -0.1) is 0 Å². The maximum atomic E-state index is 10.8. The molecule has 0 bridgehead atoms. The van der Waals surface area contributed by atoms with E-state index in [0.717, 1.165) is 5.56 Å². The van der Waals surface area contributed by atoms with Gasteiger partial charge in [0.15, 0.2) is 0 Å². The molecule has 0 heterocycles. The number of aromatic carboxylic acids is 1. The molecule has 0 aliphatic heterocycles. The van der Waals surface area contributed by atoms with Gasteiger partial charge in [0.05, 0.1) is 15.5 Å². The Morgan fingerprint density at radius 1 is 1.11 bits per heavy atom. The lowest BCUT2D eigenvalue weighted by Gasteiger charge is -2.04. The van der Waals surface area contributed by atoms with Gasteiger partial charge in [-0.2, -0.15) is 0 Å². The van der Waals surface area contributed by atoms with Crippen molar-refractivity contribution in [2.24, 2.45) is 0 Å². The lowest BCUT2D eigenvalue weighted by Crippen LogP contribution is -1.97. The minimum atomic E-state index is -1.10. The number of nitro benzene ring substituents is 1. The lowest BCUT2D eigenvalue weighted by molar-refractivity contribution is -0.384. The van der Waals surface area contributed by atoms with E-state index in [9.17, 15) is 14.9 Å². The molecular weight excluding hydrogens is 270 g/mol. The Morgan fingerprint density at radius 3 is 2.16 bits per heavy atom. The molecule has 0 spiro atoms. The predicted octanol–water partition coefficient (Wildman–Crippen LogP) is 3.61. The molecule has 0 unspecified atom stereocenters. The fraction of sp³-hybridized carbons (Fsp3) is 0. The van der Waals surface area contributed by atoms with Gasteiger partial charge in [-0.05, 0) is 35.4 Å².